The lowest BCUT2D eigenvalue weighted by Gasteiger charge is -2.28. The molecular formula is C25H47FO4. The van der Waals surface area contributed by atoms with Crippen molar-refractivity contribution in [3.8, 4) is 12.8 Å². The number of terminal acetylenes is 1. The Morgan fingerprint density at radius 2 is 1.63 bits per heavy atom. The molecule has 0 fully saturated rings. The molecular weight excluding hydrogens is 383 g/mol. The van der Waals surface area contributed by atoms with Crippen molar-refractivity contribution in [1.29, 1.82) is 0 Å². The van der Waals surface area contributed by atoms with Crippen LogP contribution in [0.15, 0.2) is 28.6 Å². The van der Waals surface area contributed by atoms with Crippen molar-refractivity contribution in [3.63, 3.8) is 0 Å². The lowest BCUT2D eigenvalue weighted by molar-refractivity contribution is 0.0281. The van der Waals surface area contributed by atoms with E-state index >= 15 is 0 Å². The van der Waals surface area contributed by atoms with Gasteiger partial charge in [-0.2, -0.15) is 0 Å². The number of allylic oxidation sites excluding steroid dienone is 1. The number of aliphatic hydroxyl groups excluding tert-OH is 2. The molecule has 2 N–H and O–H groups in total. The number of rotatable bonds is 6. The number of furan rings is 1. The van der Waals surface area contributed by atoms with Gasteiger partial charge in [0.15, 0.2) is 0 Å². The molecule has 0 spiro atoms. The predicted octanol–water partition coefficient (Wildman–Crippen LogP) is 7.01. The molecule has 0 saturated heterocycles. The molecule has 0 aliphatic carbocycles. The highest BCUT2D eigenvalue weighted by Gasteiger charge is 2.30. The van der Waals surface area contributed by atoms with Crippen molar-refractivity contribution in [2.24, 2.45) is 5.41 Å². The Bertz CT molecular complexity index is 525. The number of ether oxygens (including phenoxy) is 1. The van der Waals surface area contributed by atoms with Gasteiger partial charge in [-0.25, -0.2) is 4.39 Å². The Morgan fingerprint density at radius 1 is 1.20 bits per heavy atom. The van der Waals surface area contributed by atoms with E-state index in [2.05, 4.69) is 19.8 Å². The summed E-state index contributed by atoms with van der Waals surface area (Å²) in [4.78, 5) is 0. The molecule has 0 aliphatic heterocycles. The summed E-state index contributed by atoms with van der Waals surface area (Å²) in [7, 11) is 1.56. The number of aryl methyl sites for hydroxylation is 1. The van der Waals surface area contributed by atoms with Crippen molar-refractivity contribution in [2.45, 2.75) is 100 Å². The fraction of sp³-hybridized carbons (Fsp3) is 0.680. The van der Waals surface area contributed by atoms with Crippen LogP contribution in [0.4, 0.5) is 4.39 Å². The topological polar surface area (TPSA) is 62.8 Å². The second-order valence-electron chi connectivity index (χ2n) is 7.12. The smallest absolute Gasteiger partial charge is 0.135 e. The van der Waals surface area contributed by atoms with Gasteiger partial charge >= 0.3 is 0 Å². The largest absolute Gasteiger partial charge is 0.499 e. The van der Waals surface area contributed by atoms with Gasteiger partial charge in [0, 0.05) is 0 Å². The third-order valence-corrected chi connectivity index (χ3v) is 3.85. The molecule has 1 heterocycles. The molecule has 1 rings (SSSR count). The van der Waals surface area contributed by atoms with E-state index in [4.69, 9.17) is 14.3 Å². The first-order valence-electron chi connectivity index (χ1n) is 10.6. The molecule has 0 bridgehead atoms. The summed E-state index contributed by atoms with van der Waals surface area (Å²) < 4.78 is 21.1. The number of aliphatic hydroxyl groups is 2. The summed E-state index contributed by atoms with van der Waals surface area (Å²) in [5, 5.41) is 19.0. The summed E-state index contributed by atoms with van der Waals surface area (Å²) in [5.41, 5.74) is 0.900. The fourth-order valence-corrected chi connectivity index (χ4v) is 1.84. The van der Waals surface area contributed by atoms with Crippen molar-refractivity contribution < 1.29 is 23.8 Å². The lowest BCUT2D eigenvalue weighted by atomic mass is 9.82. The first kappa shape index (κ1) is 35.7. The van der Waals surface area contributed by atoms with Crippen LogP contribution in [0.1, 0.15) is 92.6 Å². The Morgan fingerprint density at radius 3 is 1.83 bits per heavy atom. The molecule has 0 aromatic carbocycles. The Labute approximate surface area is 185 Å². The molecule has 0 radical (unpaired) electrons. The normalized spacial score (nSPS) is 12.4. The van der Waals surface area contributed by atoms with Crippen LogP contribution in [0.3, 0.4) is 0 Å². The number of methoxy groups -OCH3 is 1. The summed E-state index contributed by atoms with van der Waals surface area (Å²) in [6, 6.07) is 1.88. The highest BCUT2D eigenvalue weighted by molar-refractivity contribution is 5.18. The van der Waals surface area contributed by atoms with E-state index in [-0.39, 0.29) is 5.41 Å². The molecule has 2 atom stereocenters. The van der Waals surface area contributed by atoms with E-state index in [1.165, 1.54) is 13.8 Å². The average Bonchev–Trinajstić information content (AvgIpc) is 3.14. The van der Waals surface area contributed by atoms with Gasteiger partial charge in [0.25, 0.3) is 0 Å². The quantitative estimate of drug-likeness (QED) is 0.376. The van der Waals surface area contributed by atoms with Crippen molar-refractivity contribution in [1.82, 2.24) is 0 Å². The molecule has 5 heteroatoms. The maximum Gasteiger partial charge on any atom is 0.135 e. The summed E-state index contributed by atoms with van der Waals surface area (Å²) in [6.45, 7) is 18.8. The highest BCUT2D eigenvalue weighted by Crippen LogP contribution is 2.37. The zero-order valence-corrected chi connectivity index (χ0v) is 21.1. The zero-order valence-electron chi connectivity index (χ0n) is 21.1. The third kappa shape index (κ3) is 18.3. The average molecular weight is 431 g/mol. The van der Waals surface area contributed by atoms with Crippen LogP contribution >= 0.6 is 0 Å². The van der Waals surface area contributed by atoms with Crippen LogP contribution in [-0.4, -0.2) is 29.6 Å². The van der Waals surface area contributed by atoms with Crippen LogP contribution < -0.4 is 0 Å². The van der Waals surface area contributed by atoms with Gasteiger partial charge in [0.05, 0.1) is 19.5 Å². The molecule has 2 unspecified atom stereocenters. The first-order chi connectivity index (χ1) is 13.9. The molecule has 0 aliphatic rings. The Hall–Kier alpha value is -1.77. The van der Waals surface area contributed by atoms with Crippen molar-refractivity contribution in [2.75, 3.05) is 7.11 Å². The second-order valence-corrected chi connectivity index (χ2v) is 7.12. The maximum absolute atomic E-state index is 11.0. The summed E-state index contributed by atoms with van der Waals surface area (Å²) >= 11 is 0. The first-order valence-corrected chi connectivity index (χ1v) is 10.6. The molecule has 4 nitrogen and oxygen atoms in total. The van der Waals surface area contributed by atoms with Crippen molar-refractivity contribution in [3.05, 3.63) is 35.5 Å². The SMILES string of the molecule is C#C.CC.CC(C)F.CC/C=C(\OC)C(C)O.CCC(C)(C)C(O)c1occc1C. The standard InChI is InChI=1S/C11H18O2.C7H14O2.C3H7F.C2H6.C2H2/c1-5-11(3,4)10(12)9-8(2)6-7-13-9;1-4-5-7(9-3)6(2)8;1-3(2)4;2*1-2/h6-7,10,12H,5H2,1-4H3;5-6,8H,4H2,1-3H3;3H,1-2H3;1-2H3;1-2H/b;7-5-;;;. The zero-order chi connectivity index (χ0) is 24.9. The number of hydrogen-bond acceptors (Lipinski definition) is 4. The molecule has 178 valence electrons. The van der Waals surface area contributed by atoms with Gasteiger partial charge in [0.1, 0.15) is 23.7 Å². The number of hydrogen-bond donors (Lipinski definition) is 2. The van der Waals surface area contributed by atoms with E-state index in [1.807, 2.05) is 53.7 Å². The minimum absolute atomic E-state index is 0.122. The number of alkyl halides is 1. The van der Waals surface area contributed by atoms with Crippen molar-refractivity contribution >= 4 is 0 Å². The number of halogens is 1. The van der Waals surface area contributed by atoms with Gasteiger partial charge in [-0.1, -0.05) is 41.5 Å². The monoisotopic (exact) mass is 430 g/mol. The van der Waals surface area contributed by atoms with Gasteiger partial charge in [-0.3, -0.25) is 0 Å². The summed E-state index contributed by atoms with van der Waals surface area (Å²) in [6.07, 6.45) is 11.7. The van der Waals surface area contributed by atoms with E-state index in [9.17, 15) is 9.50 Å². The highest BCUT2D eigenvalue weighted by atomic mass is 19.1. The van der Waals surface area contributed by atoms with E-state index in [1.54, 1.807) is 20.3 Å². The molecule has 30 heavy (non-hydrogen) atoms. The van der Waals surface area contributed by atoms with Crippen LogP contribution in [0.5, 0.6) is 0 Å². The molecule has 1 aromatic heterocycles. The van der Waals surface area contributed by atoms with Crippen LogP contribution in [0.25, 0.3) is 0 Å². The van der Waals surface area contributed by atoms with Gasteiger partial charge < -0.3 is 19.4 Å². The fourth-order valence-electron chi connectivity index (χ4n) is 1.84. The second kappa shape index (κ2) is 21.9. The van der Waals surface area contributed by atoms with Gasteiger partial charge in [-0.15, -0.1) is 12.8 Å². The van der Waals surface area contributed by atoms with Crippen LogP contribution in [0.2, 0.25) is 0 Å². The van der Waals surface area contributed by atoms with E-state index < -0.39 is 18.4 Å². The lowest BCUT2D eigenvalue weighted by Crippen LogP contribution is -2.21. The minimum atomic E-state index is -0.667. The van der Waals surface area contributed by atoms with Gasteiger partial charge in [-0.05, 0) is 63.7 Å². The third-order valence-electron chi connectivity index (χ3n) is 3.85. The van der Waals surface area contributed by atoms with E-state index in [0.29, 0.717) is 11.5 Å². The maximum atomic E-state index is 11.0. The molecule has 0 amide bonds. The molecule has 0 saturated carbocycles. The minimum Gasteiger partial charge on any atom is -0.499 e. The van der Waals surface area contributed by atoms with Gasteiger partial charge in [0.2, 0.25) is 0 Å². The van der Waals surface area contributed by atoms with Crippen LogP contribution in [0, 0.1) is 25.2 Å². The molecule has 1 aromatic rings. The summed E-state index contributed by atoms with van der Waals surface area (Å²) in [5.74, 6) is 1.35. The predicted molar refractivity (Wildman–Crippen MR) is 127 cm³/mol. The van der Waals surface area contributed by atoms with Crippen LogP contribution in [-0.2, 0) is 4.74 Å². The van der Waals surface area contributed by atoms with E-state index in [0.717, 1.165) is 18.4 Å². The Kier molecular flexibility index (Phi) is 26.1. The Balaban J connectivity index is -0.000000173.